The summed E-state index contributed by atoms with van der Waals surface area (Å²) in [5.41, 5.74) is 7.75. The minimum Gasteiger partial charge on any atom is -0.397 e. The molecule has 2 aromatic rings. The molecule has 1 aromatic heterocycles. The van der Waals surface area contributed by atoms with E-state index in [1.165, 1.54) is 0 Å². The van der Waals surface area contributed by atoms with Gasteiger partial charge in [0.05, 0.1) is 18.3 Å². The lowest BCUT2D eigenvalue weighted by Crippen LogP contribution is -2.39. The predicted molar refractivity (Wildman–Crippen MR) is 78.3 cm³/mol. The maximum absolute atomic E-state index is 12.1. The number of nitrogen functional groups attached to an aromatic ring is 1. The van der Waals surface area contributed by atoms with Crippen molar-refractivity contribution in [3.8, 4) is 0 Å². The maximum atomic E-state index is 12.1. The number of nitrogens with zero attached hydrogens (tertiary/aromatic N) is 1. The van der Waals surface area contributed by atoms with Crippen LogP contribution in [0.2, 0.25) is 0 Å². The van der Waals surface area contributed by atoms with Crippen LogP contribution in [0.4, 0.5) is 5.69 Å². The van der Waals surface area contributed by atoms with Crippen molar-refractivity contribution in [2.24, 2.45) is 7.05 Å². The average Bonchev–Trinajstić information content (AvgIpc) is 2.78. The van der Waals surface area contributed by atoms with Gasteiger partial charge in [-0.2, -0.15) is 0 Å². The number of aliphatic hydroxyl groups excluding tert-OH is 1. The maximum Gasteiger partial charge on any atom is 0.268 e. The Balaban J connectivity index is 2.03. The third-order valence-corrected chi connectivity index (χ3v) is 3.14. The van der Waals surface area contributed by atoms with Crippen LogP contribution in [-0.4, -0.2) is 28.2 Å². The second-order valence-corrected chi connectivity index (χ2v) is 4.81. The molecule has 1 aromatic carbocycles. The predicted octanol–water partition coefficient (Wildman–Crippen LogP) is 0.941. The number of aliphatic hydroxyl groups is 1. The first-order chi connectivity index (χ1) is 9.60. The number of aryl methyl sites for hydroxylation is 1. The highest BCUT2D eigenvalue weighted by molar-refractivity contribution is 5.94. The lowest BCUT2D eigenvalue weighted by Gasteiger charge is -2.16. The van der Waals surface area contributed by atoms with E-state index in [1.54, 1.807) is 23.9 Å². The first-order valence-corrected chi connectivity index (χ1v) is 6.47. The van der Waals surface area contributed by atoms with Crippen LogP contribution < -0.4 is 11.1 Å². The van der Waals surface area contributed by atoms with E-state index in [9.17, 15) is 9.90 Å². The average molecular weight is 273 g/mol. The van der Waals surface area contributed by atoms with Crippen molar-refractivity contribution in [1.82, 2.24) is 9.88 Å². The van der Waals surface area contributed by atoms with E-state index < -0.39 is 0 Å². The number of carbonyl (C=O) groups excluding carboxylic acids is 1. The molecule has 0 aliphatic carbocycles. The van der Waals surface area contributed by atoms with E-state index in [1.807, 2.05) is 30.3 Å². The highest BCUT2D eigenvalue weighted by Crippen LogP contribution is 2.09. The minimum atomic E-state index is -0.318. The number of amides is 1. The standard InChI is InChI=1S/C15H19N3O2/c1-18-9-12(16)8-14(18)15(20)17-13(10-19)7-11-5-3-2-4-6-11/h2-6,8-9,13,19H,7,10,16H2,1H3,(H,17,20)/t13-/m0/s1. The number of nitrogens with two attached hydrogens (primary N) is 1. The molecule has 1 amide bonds. The SMILES string of the molecule is Cn1cc(N)cc1C(=O)N[C@H](CO)Cc1ccccc1. The normalized spacial score (nSPS) is 12.1. The van der Waals surface area contributed by atoms with Crippen LogP contribution in [0.1, 0.15) is 16.1 Å². The smallest absolute Gasteiger partial charge is 0.268 e. The summed E-state index contributed by atoms with van der Waals surface area (Å²) in [5.74, 6) is -0.237. The molecular weight excluding hydrogens is 254 g/mol. The summed E-state index contributed by atoms with van der Waals surface area (Å²) < 4.78 is 1.67. The largest absolute Gasteiger partial charge is 0.397 e. The van der Waals surface area contributed by atoms with Gasteiger partial charge in [0.15, 0.2) is 0 Å². The molecule has 0 aliphatic rings. The zero-order valence-corrected chi connectivity index (χ0v) is 11.4. The van der Waals surface area contributed by atoms with E-state index in [0.717, 1.165) is 5.56 Å². The van der Waals surface area contributed by atoms with Crippen molar-refractivity contribution >= 4 is 11.6 Å². The van der Waals surface area contributed by atoms with E-state index in [-0.39, 0.29) is 18.6 Å². The van der Waals surface area contributed by atoms with Gasteiger partial charge in [-0.15, -0.1) is 0 Å². The molecule has 20 heavy (non-hydrogen) atoms. The van der Waals surface area contributed by atoms with Crippen molar-refractivity contribution in [3.63, 3.8) is 0 Å². The fraction of sp³-hybridized carbons (Fsp3) is 0.267. The van der Waals surface area contributed by atoms with Crippen molar-refractivity contribution in [3.05, 3.63) is 53.9 Å². The summed E-state index contributed by atoms with van der Waals surface area (Å²) in [4.78, 5) is 12.1. The summed E-state index contributed by atoms with van der Waals surface area (Å²) in [6, 6.07) is 11.0. The lowest BCUT2D eigenvalue weighted by molar-refractivity contribution is 0.0908. The Morgan fingerprint density at radius 1 is 1.40 bits per heavy atom. The Morgan fingerprint density at radius 3 is 2.65 bits per heavy atom. The molecular formula is C15H19N3O2. The van der Waals surface area contributed by atoms with Gasteiger partial charge < -0.3 is 20.7 Å². The molecule has 0 unspecified atom stereocenters. The van der Waals surface area contributed by atoms with Gasteiger partial charge in [-0.3, -0.25) is 4.79 Å². The fourth-order valence-corrected chi connectivity index (χ4v) is 2.13. The number of hydrogen-bond acceptors (Lipinski definition) is 3. The van der Waals surface area contributed by atoms with Gasteiger partial charge in [-0.05, 0) is 18.1 Å². The van der Waals surface area contributed by atoms with Crippen molar-refractivity contribution in [1.29, 1.82) is 0 Å². The van der Waals surface area contributed by atoms with Gasteiger partial charge in [0.25, 0.3) is 5.91 Å². The number of anilines is 1. The Labute approximate surface area is 118 Å². The number of nitrogens with one attached hydrogen (secondary N) is 1. The monoisotopic (exact) mass is 273 g/mol. The Bertz CT molecular complexity index is 578. The molecule has 0 aliphatic heterocycles. The molecule has 2 rings (SSSR count). The molecule has 106 valence electrons. The molecule has 0 saturated carbocycles. The Hall–Kier alpha value is -2.27. The van der Waals surface area contributed by atoms with Crippen LogP contribution in [0, 0.1) is 0 Å². The minimum absolute atomic E-state index is 0.111. The first-order valence-electron chi connectivity index (χ1n) is 6.47. The van der Waals surface area contributed by atoms with Crippen LogP contribution in [-0.2, 0) is 13.5 Å². The van der Waals surface area contributed by atoms with Gasteiger partial charge in [0.1, 0.15) is 5.69 Å². The van der Waals surface area contributed by atoms with Gasteiger partial charge >= 0.3 is 0 Å². The van der Waals surface area contributed by atoms with E-state index in [0.29, 0.717) is 17.8 Å². The van der Waals surface area contributed by atoms with Crippen molar-refractivity contribution in [2.75, 3.05) is 12.3 Å². The van der Waals surface area contributed by atoms with Gasteiger partial charge in [0.2, 0.25) is 0 Å². The topological polar surface area (TPSA) is 80.3 Å². The molecule has 1 atom stereocenters. The molecule has 0 spiro atoms. The van der Waals surface area contributed by atoms with Crippen LogP contribution in [0.25, 0.3) is 0 Å². The third-order valence-electron chi connectivity index (χ3n) is 3.14. The van der Waals surface area contributed by atoms with Gasteiger partial charge in [0, 0.05) is 13.2 Å². The van der Waals surface area contributed by atoms with Gasteiger partial charge in [-0.25, -0.2) is 0 Å². The number of benzene rings is 1. The molecule has 0 radical (unpaired) electrons. The second kappa shape index (κ2) is 6.25. The molecule has 0 bridgehead atoms. The zero-order chi connectivity index (χ0) is 14.5. The van der Waals surface area contributed by atoms with Crippen molar-refractivity contribution < 1.29 is 9.90 Å². The zero-order valence-electron chi connectivity index (χ0n) is 11.4. The van der Waals surface area contributed by atoms with Crippen molar-refractivity contribution in [2.45, 2.75) is 12.5 Å². The summed E-state index contributed by atoms with van der Waals surface area (Å²) in [6.07, 6.45) is 2.27. The Morgan fingerprint density at radius 2 is 2.10 bits per heavy atom. The van der Waals surface area contributed by atoms with E-state index in [2.05, 4.69) is 5.32 Å². The second-order valence-electron chi connectivity index (χ2n) is 4.81. The number of hydrogen-bond donors (Lipinski definition) is 3. The number of carbonyl (C=O) groups is 1. The highest BCUT2D eigenvalue weighted by atomic mass is 16.3. The van der Waals surface area contributed by atoms with E-state index >= 15 is 0 Å². The molecule has 0 fully saturated rings. The highest BCUT2D eigenvalue weighted by Gasteiger charge is 2.16. The lowest BCUT2D eigenvalue weighted by atomic mass is 10.1. The molecule has 1 heterocycles. The quantitative estimate of drug-likeness (QED) is 0.758. The van der Waals surface area contributed by atoms with Crippen LogP contribution >= 0.6 is 0 Å². The van der Waals surface area contributed by atoms with E-state index in [4.69, 9.17) is 5.73 Å². The fourth-order valence-electron chi connectivity index (χ4n) is 2.13. The molecule has 0 saturated heterocycles. The molecule has 4 N–H and O–H groups in total. The molecule has 5 nitrogen and oxygen atoms in total. The molecule has 5 heteroatoms. The summed E-state index contributed by atoms with van der Waals surface area (Å²) in [7, 11) is 1.76. The summed E-state index contributed by atoms with van der Waals surface area (Å²) >= 11 is 0. The number of rotatable bonds is 5. The number of aromatic nitrogens is 1. The van der Waals surface area contributed by atoms with Crippen LogP contribution in [0.3, 0.4) is 0 Å². The Kier molecular flexibility index (Phi) is 4.42. The first kappa shape index (κ1) is 14.1. The van der Waals surface area contributed by atoms with Crippen LogP contribution in [0.15, 0.2) is 42.6 Å². The summed E-state index contributed by atoms with van der Waals surface area (Å²) in [6.45, 7) is -0.111. The summed E-state index contributed by atoms with van der Waals surface area (Å²) in [5, 5.41) is 12.2. The van der Waals surface area contributed by atoms with Crippen LogP contribution in [0.5, 0.6) is 0 Å². The third kappa shape index (κ3) is 3.39. The van der Waals surface area contributed by atoms with Gasteiger partial charge in [-0.1, -0.05) is 30.3 Å².